The van der Waals surface area contributed by atoms with Crippen LogP contribution in [-0.2, 0) is 13.0 Å². The molecule has 0 unspecified atom stereocenters. The Labute approximate surface area is 101 Å². The average Bonchev–Trinajstić information content (AvgIpc) is 2.39. The van der Waals surface area contributed by atoms with E-state index in [1.54, 1.807) is 6.20 Å². The summed E-state index contributed by atoms with van der Waals surface area (Å²) in [6.45, 7) is 1.17. The van der Waals surface area contributed by atoms with Crippen LogP contribution in [0.5, 0.6) is 5.75 Å². The lowest BCUT2D eigenvalue weighted by molar-refractivity contribution is 0.302. The number of nitrogens with two attached hydrogens (primary N) is 1. The van der Waals surface area contributed by atoms with Crippen LogP contribution in [0.15, 0.2) is 48.8 Å². The fourth-order valence-electron chi connectivity index (χ4n) is 1.65. The molecule has 0 saturated heterocycles. The number of para-hydroxylation sites is 1. The number of hydrogen-bond acceptors (Lipinski definition) is 3. The molecule has 3 heteroatoms. The molecule has 3 nitrogen and oxygen atoms in total. The second-order valence-corrected chi connectivity index (χ2v) is 3.80. The van der Waals surface area contributed by atoms with E-state index in [9.17, 15) is 0 Å². The predicted octanol–water partition coefficient (Wildman–Crippen LogP) is 2.16. The van der Waals surface area contributed by atoms with Gasteiger partial charge in [-0.15, -0.1) is 0 Å². The number of pyridine rings is 1. The molecule has 1 aromatic carbocycles. The first kappa shape index (κ1) is 11.6. The van der Waals surface area contributed by atoms with Gasteiger partial charge in [-0.3, -0.25) is 4.98 Å². The highest BCUT2D eigenvalue weighted by molar-refractivity contribution is 5.33. The third-order valence-electron chi connectivity index (χ3n) is 2.50. The minimum absolute atomic E-state index is 0.537. The highest BCUT2D eigenvalue weighted by Crippen LogP contribution is 2.19. The Kier molecular flexibility index (Phi) is 4.11. The Morgan fingerprint density at radius 2 is 2.00 bits per heavy atom. The van der Waals surface area contributed by atoms with Crippen LogP contribution in [0.2, 0.25) is 0 Å². The van der Waals surface area contributed by atoms with E-state index < -0.39 is 0 Å². The first-order valence-corrected chi connectivity index (χ1v) is 5.70. The second kappa shape index (κ2) is 6.01. The van der Waals surface area contributed by atoms with Crippen molar-refractivity contribution in [3.63, 3.8) is 0 Å². The summed E-state index contributed by atoms with van der Waals surface area (Å²) in [7, 11) is 0. The molecule has 2 aromatic rings. The first-order chi connectivity index (χ1) is 8.40. The molecule has 0 saturated carbocycles. The molecule has 0 spiro atoms. The fourth-order valence-corrected chi connectivity index (χ4v) is 1.65. The highest BCUT2D eigenvalue weighted by atomic mass is 16.5. The molecule has 0 bridgehead atoms. The number of benzene rings is 1. The van der Waals surface area contributed by atoms with Gasteiger partial charge in [0.15, 0.2) is 0 Å². The average molecular weight is 228 g/mol. The molecule has 17 heavy (non-hydrogen) atoms. The molecule has 0 amide bonds. The smallest absolute Gasteiger partial charge is 0.123 e. The summed E-state index contributed by atoms with van der Waals surface area (Å²) >= 11 is 0. The lowest BCUT2D eigenvalue weighted by atomic mass is 10.1. The molecule has 0 atom stereocenters. The fraction of sp³-hybridized carbons (Fsp3) is 0.214. The lowest BCUT2D eigenvalue weighted by Gasteiger charge is -2.10. The number of rotatable bonds is 5. The molecule has 0 aliphatic rings. The van der Waals surface area contributed by atoms with E-state index in [4.69, 9.17) is 10.5 Å². The van der Waals surface area contributed by atoms with Gasteiger partial charge in [0.1, 0.15) is 12.4 Å². The maximum absolute atomic E-state index is 5.78. The Morgan fingerprint density at radius 1 is 1.12 bits per heavy atom. The minimum atomic E-state index is 0.537. The molecule has 0 fully saturated rings. The molecule has 1 aromatic heterocycles. The van der Waals surface area contributed by atoms with Gasteiger partial charge in [-0.05, 0) is 30.7 Å². The van der Waals surface area contributed by atoms with Crippen molar-refractivity contribution >= 4 is 0 Å². The van der Waals surface area contributed by atoms with Gasteiger partial charge in [0.05, 0.1) is 0 Å². The summed E-state index contributed by atoms with van der Waals surface area (Å²) < 4.78 is 5.78. The topological polar surface area (TPSA) is 48.1 Å². The lowest BCUT2D eigenvalue weighted by Crippen LogP contribution is -2.05. The largest absolute Gasteiger partial charge is 0.489 e. The molecule has 88 valence electrons. The van der Waals surface area contributed by atoms with Crippen molar-refractivity contribution in [3.05, 3.63) is 59.9 Å². The Hall–Kier alpha value is -1.87. The highest BCUT2D eigenvalue weighted by Gasteiger charge is 2.02. The molecule has 2 rings (SSSR count). The van der Waals surface area contributed by atoms with E-state index in [2.05, 4.69) is 4.98 Å². The maximum atomic E-state index is 5.78. The van der Waals surface area contributed by atoms with Gasteiger partial charge in [0.2, 0.25) is 0 Å². The summed E-state index contributed by atoms with van der Waals surface area (Å²) in [5.41, 5.74) is 7.79. The molecular formula is C14H16N2O. The minimum Gasteiger partial charge on any atom is -0.489 e. The van der Waals surface area contributed by atoms with Gasteiger partial charge in [-0.2, -0.15) is 0 Å². The second-order valence-electron chi connectivity index (χ2n) is 3.80. The monoisotopic (exact) mass is 228 g/mol. The SMILES string of the molecule is NCCc1ccccc1OCc1cccnc1. The van der Waals surface area contributed by atoms with Gasteiger partial charge in [-0.1, -0.05) is 24.3 Å². The van der Waals surface area contributed by atoms with E-state index in [0.29, 0.717) is 13.2 Å². The number of ether oxygens (including phenoxy) is 1. The summed E-state index contributed by atoms with van der Waals surface area (Å²) in [5.74, 6) is 0.904. The summed E-state index contributed by atoms with van der Waals surface area (Å²) in [6, 6.07) is 11.9. The summed E-state index contributed by atoms with van der Waals surface area (Å²) in [5, 5.41) is 0. The van der Waals surface area contributed by atoms with E-state index in [1.165, 1.54) is 0 Å². The molecule has 0 aliphatic carbocycles. The zero-order valence-corrected chi connectivity index (χ0v) is 9.67. The Morgan fingerprint density at radius 3 is 2.76 bits per heavy atom. The van der Waals surface area contributed by atoms with Crippen LogP contribution in [0.25, 0.3) is 0 Å². The van der Waals surface area contributed by atoms with E-state index in [0.717, 1.165) is 23.3 Å². The molecule has 2 N–H and O–H groups in total. The number of nitrogens with zero attached hydrogens (tertiary/aromatic N) is 1. The zero-order valence-electron chi connectivity index (χ0n) is 9.67. The van der Waals surface area contributed by atoms with Gasteiger partial charge in [0, 0.05) is 18.0 Å². The van der Waals surface area contributed by atoms with Crippen molar-refractivity contribution in [1.82, 2.24) is 4.98 Å². The van der Waals surface area contributed by atoms with Gasteiger partial charge in [0.25, 0.3) is 0 Å². The van der Waals surface area contributed by atoms with Crippen molar-refractivity contribution in [1.29, 1.82) is 0 Å². The molecule has 0 aliphatic heterocycles. The molecule has 0 radical (unpaired) electrons. The van der Waals surface area contributed by atoms with Crippen molar-refractivity contribution in [2.45, 2.75) is 13.0 Å². The van der Waals surface area contributed by atoms with Crippen LogP contribution in [0.3, 0.4) is 0 Å². The quantitative estimate of drug-likeness (QED) is 0.853. The van der Waals surface area contributed by atoms with Crippen LogP contribution >= 0.6 is 0 Å². The van der Waals surface area contributed by atoms with Crippen LogP contribution < -0.4 is 10.5 Å². The van der Waals surface area contributed by atoms with E-state index in [1.807, 2.05) is 42.6 Å². The Bertz CT molecular complexity index is 457. The standard InChI is InChI=1S/C14H16N2O/c15-8-7-13-5-1-2-6-14(13)17-11-12-4-3-9-16-10-12/h1-6,9-10H,7-8,11,15H2. The summed E-state index contributed by atoms with van der Waals surface area (Å²) in [6.07, 6.45) is 4.40. The van der Waals surface area contributed by atoms with E-state index >= 15 is 0 Å². The van der Waals surface area contributed by atoms with Crippen LogP contribution in [0, 0.1) is 0 Å². The third kappa shape index (κ3) is 3.29. The molecule has 1 heterocycles. The maximum Gasteiger partial charge on any atom is 0.123 e. The molecular weight excluding hydrogens is 212 g/mol. The van der Waals surface area contributed by atoms with Gasteiger partial charge < -0.3 is 10.5 Å². The Balaban J connectivity index is 2.03. The predicted molar refractivity (Wildman–Crippen MR) is 67.8 cm³/mol. The van der Waals surface area contributed by atoms with Crippen molar-refractivity contribution in [3.8, 4) is 5.75 Å². The number of hydrogen-bond donors (Lipinski definition) is 1. The van der Waals surface area contributed by atoms with Crippen LogP contribution in [0.4, 0.5) is 0 Å². The van der Waals surface area contributed by atoms with Crippen molar-refractivity contribution in [2.24, 2.45) is 5.73 Å². The van der Waals surface area contributed by atoms with Crippen molar-refractivity contribution in [2.75, 3.05) is 6.54 Å². The van der Waals surface area contributed by atoms with Crippen molar-refractivity contribution < 1.29 is 4.74 Å². The summed E-state index contributed by atoms with van der Waals surface area (Å²) in [4.78, 5) is 4.06. The zero-order chi connectivity index (χ0) is 11.9. The number of aromatic nitrogens is 1. The first-order valence-electron chi connectivity index (χ1n) is 5.70. The van der Waals surface area contributed by atoms with E-state index in [-0.39, 0.29) is 0 Å². The third-order valence-corrected chi connectivity index (χ3v) is 2.50. The van der Waals surface area contributed by atoms with Crippen LogP contribution in [-0.4, -0.2) is 11.5 Å². The van der Waals surface area contributed by atoms with Crippen LogP contribution in [0.1, 0.15) is 11.1 Å². The van der Waals surface area contributed by atoms with Gasteiger partial charge >= 0.3 is 0 Å². The van der Waals surface area contributed by atoms with Gasteiger partial charge in [-0.25, -0.2) is 0 Å². The normalized spacial score (nSPS) is 10.2.